The fourth-order valence-electron chi connectivity index (χ4n) is 1.30. The Labute approximate surface area is 82.8 Å². The van der Waals surface area contributed by atoms with E-state index in [0.717, 1.165) is 12.1 Å². The Balaban J connectivity index is 2.90. The number of nitrogens with zero attached hydrogens (tertiary/aromatic N) is 4. The normalized spacial score (nSPS) is 10.0. The van der Waals surface area contributed by atoms with Crippen LogP contribution in [-0.4, -0.2) is 4.98 Å². The van der Waals surface area contributed by atoms with Crippen LogP contribution in [0.2, 0.25) is 0 Å². The van der Waals surface area contributed by atoms with E-state index in [-0.39, 0.29) is 16.6 Å². The van der Waals surface area contributed by atoms with Gasteiger partial charge in [0.1, 0.15) is 11.3 Å². The van der Waals surface area contributed by atoms with Gasteiger partial charge in [-0.2, -0.15) is 0 Å². The summed E-state index contributed by atoms with van der Waals surface area (Å²) in [5.41, 5.74) is 8.41. The number of halogens is 2. The summed E-state index contributed by atoms with van der Waals surface area (Å²) >= 11 is 0. The van der Waals surface area contributed by atoms with Crippen molar-refractivity contribution in [3.05, 3.63) is 46.5 Å². The van der Waals surface area contributed by atoms with Gasteiger partial charge in [-0.15, -0.1) is 0 Å². The predicted molar refractivity (Wildman–Crippen MR) is 50.5 cm³/mol. The molecule has 6 heteroatoms. The van der Waals surface area contributed by atoms with Crippen LogP contribution in [0.15, 0.2) is 29.5 Å². The first-order valence-electron chi connectivity index (χ1n) is 4.01. The first-order chi connectivity index (χ1) is 7.22. The summed E-state index contributed by atoms with van der Waals surface area (Å²) in [5.74, 6) is -1.51. The highest BCUT2D eigenvalue weighted by Gasteiger charge is 2.07. The minimum Gasteiger partial charge on any atom is -0.253 e. The summed E-state index contributed by atoms with van der Waals surface area (Å²) in [6.07, 6.45) is 1.30. The summed E-state index contributed by atoms with van der Waals surface area (Å²) in [4.78, 5) is 6.31. The molecule has 0 unspecified atom stereocenters. The van der Waals surface area contributed by atoms with Gasteiger partial charge in [0.2, 0.25) is 0 Å². The topological polar surface area (TPSA) is 61.7 Å². The Bertz CT molecular complexity index is 576. The van der Waals surface area contributed by atoms with E-state index in [9.17, 15) is 8.78 Å². The average molecular weight is 206 g/mol. The minimum absolute atomic E-state index is 0.0127. The van der Waals surface area contributed by atoms with E-state index in [1.807, 2.05) is 0 Å². The highest BCUT2D eigenvalue weighted by atomic mass is 19.1. The van der Waals surface area contributed by atoms with Crippen molar-refractivity contribution in [2.24, 2.45) is 5.11 Å². The molecule has 0 radical (unpaired) electrons. The highest BCUT2D eigenvalue weighted by molar-refractivity contribution is 5.89. The van der Waals surface area contributed by atoms with Gasteiger partial charge in [-0.1, -0.05) is 5.11 Å². The number of azide groups is 1. The quantitative estimate of drug-likeness (QED) is 0.400. The molecule has 4 nitrogen and oxygen atoms in total. The van der Waals surface area contributed by atoms with Crippen LogP contribution < -0.4 is 0 Å². The van der Waals surface area contributed by atoms with Crippen LogP contribution in [-0.2, 0) is 0 Å². The Morgan fingerprint density at radius 3 is 2.87 bits per heavy atom. The molecule has 1 aromatic carbocycles. The van der Waals surface area contributed by atoms with E-state index in [1.54, 1.807) is 0 Å². The smallest absolute Gasteiger partial charge is 0.152 e. The molecule has 0 aliphatic rings. The van der Waals surface area contributed by atoms with Crippen LogP contribution in [0, 0.1) is 11.6 Å². The lowest BCUT2D eigenvalue weighted by Crippen LogP contribution is -1.86. The lowest BCUT2D eigenvalue weighted by Gasteiger charge is -2.01. The van der Waals surface area contributed by atoms with Gasteiger partial charge < -0.3 is 0 Å². The maximum absolute atomic E-state index is 13.2. The second-order valence-electron chi connectivity index (χ2n) is 2.80. The third-order valence-electron chi connectivity index (χ3n) is 1.89. The van der Waals surface area contributed by atoms with Crippen molar-refractivity contribution in [2.45, 2.75) is 0 Å². The van der Waals surface area contributed by atoms with Gasteiger partial charge in [0.05, 0.1) is 0 Å². The van der Waals surface area contributed by atoms with Crippen molar-refractivity contribution < 1.29 is 8.78 Å². The van der Waals surface area contributed by atoms with Crippen LogP contribution in [0.1, 0.15) is 0 Å². The van der Waals surface area contributed by atoms with Crippen molar-refractivity contribution in [3.63, 3.8) is 0 Å². The van der Waals surface area contributed by atoms with Crippen LogP contribution >= 0.6 is 0 Å². The molecule has 1 aromatic heterocycles. The zero-order valence-corrected chi connectivity index (χ0v) is 7.35. The van der Waals surface area contributed by atoms with Crippen LogP contribution in [0.5, 0.6) is 0 Å². The third kappa shape index (κ3) is 1.58. The summed E-state index contributed by atoms with van der Waals surface area (Å²) < 4.78 is 26.1. The molecule has 74 valence electrons. The fourth-order valence-corrected chi connectivity index (χ4v) is 1.30. The first-order valence-corrected chi connectivity index (χ1v) is 4.01. The molecule has 0 saturated heterocycles. The molecule has 0 spiro atoms. The number of rotatable bonds is 1. The third-order valence-corrected chi connectivity index (χ3v) is 1.89. The van der Waals surface area contributed by atoms with Crippen molar-refractivity contribution in [3.8, 4) is 0 Å². The van der Waals surface area contributed by atoms with Gasteiger partial charge in [-0.3, -0.25) is 4.98 Å². The van der Waals surface area contributed by atoms with Crippen molar-refractivity contribution in [1.29, 1.82) is 0 Å². The summed E-state index contributed by atoms with van der Waals surface area (Å²) in [5, 5.41) is 3.48. The van der Waals surface area contributed by atoms with Gasteiger partial charge in [0.25, 0.3) is 0 Å². The van der Waals surface area contributed by atoms with Gasteiger partial charge in [-0.25, -0.2) is 8.78 Å². The Morgan fingerprint density at radius 2 is 2.13 bits per heavy atom. The largest absolute Gasteiger partial charge is 0.253 e. The molecule has 0 aliphatic carbocycles. The molecule has 0 bridgehead atoms. The number of fused-ring (bicyclic) bond motifs is 1. The second-order valence-corrected chi connectivity index (χ2v) is 2.80. The fraction of sp³-hybridized carbons (Fsp3) is 0. The Hall–Kier alpha value is -2.20. The zero-order valence-electron chi connectivity index (χ0n) is 7.35. The minimum atomic E-state index is -0.778. The van der Waals surface area contributed by atoms with Gasteiger partial charge in [0.15, 0.2) is 5.82 Å². The number of benzene rings is 1. The molecule has 0 fully saturated rings. The Kier molecular flexibility index (Phi) is 2.19. The van der Waals surface area contributed by atoms with E-state index < -0.39 is 11.6 Å². The van der Waals surface area contributed by atoms with Crippen molar-refractivity contribution in [1.82, 2.24) is 4.98 Å². The summed E-state index contributed by atoms with van der Waals surface area (Å²) in [6.45, 7) is 0. The molecule has 0 N–H and O–H groups in total. The second kappa shape index (κ2) is 3.51. The molecule has 2 rings (SSSR count). The van der Waals surface area contributed by atoms with E-state index in [4.69, 9.17) is 5.53 Å². The number of hydrogen-bond donors (Lipinski definition) is 0. The van der Waals surface area contributed by atoms with E-state index in [2.05, 4.69) is 15.0 Å². The monoisotopic (exact) mass is 206 g/mol. The zero-order chi connectivity index (χ0) is 10.8. The van der Waals surface area contributed by atoms with E-state index in [1.165, 1.54) is 12.3 Å². The molecule has 2 aromatic rings. The Morgan fingerprint density at radius 1 is 1.33 bits per heavy atom. The molecular formula is C9H4F2N4. The van der Waals surface area contributed by atoms with Gasteiger partial charge in [0, 0.05) is 28.2 Å². The molecule has 1 heterocycles. The maximum atomic E-state index is 13.2. The molecule has 0 aliphatic heterocycles. The summed E-state index contributed by atoms with van der Waals surface area (Å²) in [7, 11) is 0. The molecular weight excluding hydrogens is 202 g/mol. The van der Waals surface area contributed by atoms with E-state index in [0.29, 0.717) is 0 Å². The SMILES string of the molecule is [N-]=[N+]=Nc1ccnc2c(F)cc(F)cc12. The molecule has 0 saturated carbocycles. The van der Waals surface area contributed by atoms with Crippen molar-refractivity contribution >= 4 is 16.6 Å². The number of pyridine rings is 1. The maximum Gasteiger partial charge on any atom is 0.152 e. The summed E-state index contributed by atoms with van der Waals surface area (Å²) in [6, 6.07) is 3.20. The van der Waals surface area contributed by atoms with Gasteiger partial charge >= 0.3 is 0 Å². The van der Waals surface area contributed by atoms with E-state index >= 15 is 0 Å². The predicted octanol–water partition coefficient (Wildman–Crippen LogP) is 3.45. The highest BCUT2D eigenvalue weighted by Crippen LogP contribution is 2.26. The van der Waals surface area contributed by atoms with Crippen LogP contribution in [0.25, 0.3) is 21.3 Å². The lowest BCUT2D eigenvalue weighted by molar-refractivity contribution is 0.590. The molecule has 15 heavy (non-hydrogen) atoms. The van der Waals surface area contributed by atoms with Gasteiger partial charge in [-0.05, 0) is 17.7 Å². The number of aromatic nitrogens is 1. The van der Waals surface area contributed by atoms with Crippen molar-refractivity contribution in [2.75, 3.05) is 0 Å². The van der Waals surface area contributed by atoms with Crippen LogP contribution in [0.4, 0.5) is 14.5 Å². The number of hydrogen-bond acceptors (Lipinski definition) is 2. The standard InChI is InChI=1S/C9H4F2N4/c10-5-3-6-8(14-15-12)1-2-13-9(6)7(11)4-5/h1-4H. The molecule has 0 atom stereocenters. The first kappa shape index (κ1) is 9.36. The average Bonchev–Trinajstić information content (AvgIpc) is 2.19. The lowest BCUT2D eigenvalue weighted by atomic mass is 10.2. The van der Waals surface area contributed by atoms with Crippen LogP contribution in [0.3, 0.4) is 0 Å². The molecule has 0 amide bonds.